The summed E-state index contributed by atoms with van der Waals surface area (Å²) in [5, 5.41) is 13.8. The van der Waals surface area contributed by atoms with Crippen LogP contribution < -0.4 is 0 Å². The number of nitrogens with zero attached hydrogens (tertiary/aromatic N) is 1. The van der Waals surface area contributed by atoms with Crippen LogP contribution in [-0.4, -0.2) is 10.1 Å². The van der Waals surface area contributed by atoms with Crippen molar-refractivity contribution in [3.63, 3.8) is 0 Å². The Balaban J connectivity index is 2.32. The number of hydrogen-bond donors (Lipinski definition) is 1. The van der Waals surface area contributed by atoms with Gasteiger partial charge in [0.25, 0.3) is 0 Å². The van der Waals surface area contributed by atoms with E-state index in [9.17, 15) is 5.11 Å². The lowest BCUT2D eigenvalue weighted by Crippen LogP contribution is -2.00. The summed E-state index contributed by atoms with van der Waals surface area (Å²) in [6, 6.07) is 7.41. The van der Waals surface area contributed by atoms with E-state index >= 15 is 0 Å². The Morgan fingerprint density at radius 3 is 2.86 bits per heavy atom. The van der Waals surface area contributed by atoms with Crippen molar-refractivity contribution in [2.24, 2.45) is 0 Å². The lowest BCUT2D eigenvalue weighted by molar-refractivity contribution is 0.215. The minimum absolute atomic E-state index is 0.626. The highest BCUT2D eigenvalue weighted by Crippen LogP contribution is 2.23. The van der Waals surface area contributed by atoms with E-state index < -0.39 is 6.10 Å². The topological polar surface area (TPSA) is 33.1 Å². The van der Waals surface area contributed by atoms with Crippen molar-refractivity contribution >= 4 is 27.3 Å². The Hall–Kier alpha value is -0.710. The summed E-state index contributed by atoms with van der Waals surface area (Å²) in [5.74, 6) is 0. The molecule has 1 atom stereocenters. The van der Waals surface area contributed by atoms with Gasteiger partial charge in [-0.05, 0) is 50.5 Å². The monoisotopic (exact) mass is 269 g/mol. The van der Waals surface area contributed by atoms with Crippen LogP contribution in [0, 0.1) is 0 Å². The average molecular weight is 270 g/mol. The molecule has 0 aliphatic heterocycles. The highest BCUT2D eigenvalue weighted by Gasteiger charge is 2.11. The van der Waals surface area contributed by atoms with E-state index in [1.807, 2.05) is 35.0 Å². The third-order valence-electron chi connectivity index (χ3n) is 1.88. The standard InChI is InChI=1S/C10H8BrNOS/c11-9-3-1-2-8(12-9)10(13)7-4-5-14-6-7/h1-6,10,13H. The van der Waals surface area contributed by atoms with Crippen LogP contribution in [0.4, 0.5) is 0 Å². The maximum absolute atomic E-state index is 9.93. The second-order valence-electron chi connectivity index (χ2n) is 2.84. The van der Waals surface area contributed by atoms with E-state index in [1.54, 1.807) is 11.3 Å². The molecule has 2 rings (SSSR count). The summed E-state index contributed by atoms with van der Waals surface area (Å²) < 4.78 is 0.740. The largest absolute Gasteiger partial charge is 0.382 e. The van der Waals surface area contributed by atoms with E-state index in [0.29, 0.717) is 5.69 Å². The number of aliphatic hydroxyl groups excluding tert-OH is 1. The van der Waals surface area contributed by atoms with Gasteiger partial charge in [0, 0.05) is 0 Å². The summed E-state index contributed by atoms with van der Waals surface area (Å²) in [6.45, 7) is 0. The van der Waals surface area contributed by atoms with Crippen molar-refractivity contribution in [1.29, 1.82) is 0 Å². The first-order chi connectivity index (χ1) is 6.77. The van der Waals surface area contributed by atoms with Crippen molar-refractivity contribution in [1.82, 2.24) is 4.98 Å². The Morgan fingerprint density at radius 2 is 2.21 bits per heavy atom. The van der Waals surface area contributed by atoms with Gasteiger partial charge >= 0.3 is 0 Å². The fraction of sp³-hybridized carbons (Fsp3) is 0.100. The molecule has 0 radical (unpaired) electrons. The molecule has 0 saturated carbocycles. The summed E-state index contributed by atoms with van der Waals surface area (Å²) in [6.07, 6.45) is -0.626. The van der Waals surface area contributed by atoms with Gasteiger partial charge in [0.15, 0.2) is 0 Å². The molecule has 2 heterocycles. The number of hydrogen-bond acceptors (Lipinski definition) is 3. The quantitative estimate of drug-likeness (QED) is 0.851. The molecule has 72 valence electrons. The van der Waals surface area contributed by atoms with Gasteiger partial charge in [-0.3, -0.25) is 0 Å². The Bertz CT molecular complexity index is 416. The number of rotatable bonds is 2. The normalized spacial score (nSPS) is 12.7. The van der Waals surface area contributed by atoms with Crippen LogP contribution >= 0.6 is 27.3 Å². The van der Waals surface area contributed by atoms with Gasteiger partial charge in [0.1, 0.15) is 10.7 Å². The van der Waals surface area contributed by atoms with E-state index in [1.165, 1.54) is 0 Å². The molecular formula is C10H8BrNOS. The fourth-order valence-corrected chi connectivity index (χ4v) is 2.21. The van der Waals surface area contributed by atoms with Gasteiger partial charge < -0.3 is 5.11 Å². The maximum atomic E-state index is 9.93. The van der Waals surface area contributed by atoms with Crippen LogP contribution in [-0.2, 0) is 0 Å². The van der Waals surface area contributed by atoms with Gasteiger partial charge in [-0.25, -0.2) is 4.98 Å². The van der Waals surface area contributed by atoms with Crippen LogP contribution in [0.2, 0.25) is 0 Å². The first-order valence-corrected chi connectivity index (χ1v) is 5.83. The van der Waals surface area contributed by atoms with E-state index in [4.69, 9.17) is 0 Å². The Morgan fingerprint density at radius 1 is 1.36 bits per heavy atom. The molecule has 1 unspecified atom stereocenters. The molecule has 0 saturated heterocycles. The van der Waals surface area contributed by atoms with Crippen LogP contribution in [0.3, 0.4) is 0 Å². The van der Waals surface area contributed by atoms with E-state index in [2.05, 4.69) is 20.9 Å². The van der Waals surface area contributed by atoms with Gasteiger partial charge in [-0.1, -0.05) is 6.07 Å². The molecule has 0 aromatic carbocycles. The zero-order valence-electron chi connectivity index (χ0n) is 7.22. The summed E-state index contributed by atoms with van der Waals surface area (Å²) in [4.78, 5) is 4.20. The second kappa shape index (κ2) is 4.21. The molecule has 0 bridgehead atoms. The Kier molecular flexibility index (Phi) is 2.96. The zero-order chi connectivity index (χ0) is 9.97. The summed E-state index contributed by atoms with van der Waals surface area (Å²) >= 11 is 4.84. The number of aromatic nitrogens is 1. The fourth-order valence-electron chi connectivity index (χ4n) is 1.18. The summed E-state index contributed by atoms with van der Waals surface area (Å²) in [7, 11) is 0. The minimum atomic E-state index is -0.626. The number of halogens is 1. The van der Waals surface area contributed by atoms with Gasteiger partial charge in [-0.15, -0.1) is 0 Å². The third kappa shape index (κ3) is 2.03. The molecule has 1 N–H and O–H groups in total. The van der Waals surface area contributed by atoms with Gasteiger partial charge in [0.05, 0.1) is 5.69 Å². The van der Waals surface area contributed by atoms with Crippen LogP contribution in [0.25, 0.3) is 0 Å². The van der Waals surface area contributed by atoms with Crippen molar-refractivity contribution < 1.29 is 5.11 Å². The maximum Gasteiger partial charge on any atom is 0.122 e. The highest BCUT2D eigenvalue weighted by molar-refractivity contribution is 9.10. The number of pyridine rings is 1. The highest BCUT2D eigenvalue weighted by atomic mass is 79.9. The smallest absolute Gasteiger partial charge is 0.122 e. The molecule has 2 aromatic heterocycles. The van der Waals surface area contributed by atoms with Crippen molar-refractivity contribution in [3.8, 4) is 0 Å². The summed E-state index contributed by atoms with van der Waals surface area (Å²) in [5.41, 5.74) is 1.55. The SMILES string of the molecule is OC(c1ccsc1)c1cccc(Br)n1. The van der Waals surface area contributed by atoms with Crippen molar-refractivity contribution in [3.05, 3.63) is 50.9 Å². The zero-order valence-corrected chi connectivity index (χ0v) is 9.62. The van der Waals surface area contributed by atoms with Crippen LogP contribution in [0.1, 0.15) is 17.4 Å². The molecule has 4 heteroatoms. The van der Waals surface area contributed by atoms with Crippen molar-refractivity contribution in [2.75, 3.05) is 0 Å². The van der Waals surface area contributed by atoms with Gasteiger partial charge in [-0.2, -0.15) is 11.3 Å². The molecule has 2 nitrogen and oxygen atoms in total. The average Bonchev–Trinajstić information content (AvgIpc) is 2.69. The van der Waals surface area contributed by atoms with E-state index in [0.717, 1.165) is 10.2 Å². The first kappa shape index (κ1) is 9.83. The van der Waals surface area contributed by atoms with Crippen LogP contribution in [0.5, 0.6) is 0 Å². The van der Waals surface area contributed by atoms with Crippen molar-refractivity contribution in [2.45, 2.75) is 6.10 Å². The molecule has 0 aliphatic carbocycles. The molecule has 0 amide bonds. The molecule has 14 heavy (non-hydrogen) atoms. The van der Waals surface area contributed by atoms with Gasteiger partial charge in [0.2, 0.25) is 0 Å². The van der Waals surface area contributed by atoms with E-state index in [-0.39, 0.29) is 0 Å². The molecule has 0 aliphatic rings. The predicted molar refractivity (Wildman–Crippen MR) is 60.3 cm³/mol. The lowest BCUT2D eigenvalue weighted by Gasteiger charge is -2.07. The lowest BCUT2D eigenvalue weighted by atomic mass is 10.1. The molecular weight excluding hydrogens is 262 g/mol. The number of thiophene rings is 1. The minimum Gasteiger partial charge on any atom is -0.382 e. The number of aliphatic hydroxyl groups is 1. The molecule has 2 aromatic rings. The third-order valence-corrected chi connectivity index (χ3v) is 3.02. The second-order valence-corrected chi connectivity index (χ2v) is 4.44. The Labute approximate surface area is 94.4 Å². The first-order valence-electron chi connectivity index (χ1n) is 4.10. The molecule has 0 spiro atoms. The van der Waals surface area contributed by atoms with Crippen LogP contribution in [0.15, 0.2) is 39.6 Å². The molecule has 0 fully saturated rings. The predicted octanol–water partition coefficient (Wildman–Crippen LogP) is 2.99.